The number of ether oxygens (including phenoxy) is 1. The Balaban J connectivity index is -0.000000323. The van der Waals surface area contributed by atoms with Crippen molar-refractivity contribution in [3.05, 3.63) is 11.9 Å². The molecule has 0 aromatic heterocycles. The van der Waals surface area contributed by atoms with Crippen LogP contribution in [0.15, 0.2) is 16.9 Å². The maximum Gasteiger partial charge on any atom is 0.125 e. The molecule has 2 fully saturated rings. The smallest absolute Gasteiger partial charge is 0.125 e. The fourth-order valence-electron chi connectivity index (χ4n) is 2.37. The Morgan fingerprint density at radius 1 is 1.00 bits per heavy atom. The summed E-state index contributed by atoms with van der Waals surface area (Å²) < 4.78 is 5.41. The summed E-state index contributed by atoms with van der Waals surface area (Å²) in [6.07, 6.45) is 2.27. The van der Waals surface area contributed by atoms with Crippen molar-refractivity contribution in [1.82, 2.24) is 15.1 Å². The van der Waals surface area contributed by atoms with Crippen molar-refractivity contribution in [1.29, 1.82) is 0 Å². The number of nitrogens with one attached hydrogen (secondary N) is 1. The summed E-state index contributed by atoms with van der Waals surface area (Å²) in [5.74, 6) is 1.11. The van der Waals surface area contributed by atoms with E-state index in [1.165, 1.54) is 0 Å². The van der Waals surface area contributed by atoms with E-state index in [1.807, 2.05) is 27.7 Å². The molecule has 154 valence electrons. The minimum atomic E-state index is 0. The van der Waals surface area contributed by atoms with Gasteiger partial charge in [-0.25, -0.2) is 4.99 Å². The maximum absolute atomic E-state index is 5.41. The van der Waals surface area contributed by atoms with Gasteiger partial charge in [0.25, 0.3) is 0 Å². The number of morpholine rings is 1. The highest BCUT2D eigenvalue weighted by Gasteiger charge is 2.14. The van der Waals surface area contributed by atoms with Crippen molar-refractivity contribution < 1.29 is 6.16 Å². The van der Waals surface area contributed by atoms with Gasteiger partial charge in [0.2, 0.25) is 0 Å². The second-order valence-corrected chi connectivity index (χ2v) is 5.27. The molecule has 5 heteroatoms. The predicted molar refractivity (Wildman–Crippen MR) is 117 cm³/mol. The van der Waals surface area contributed by atoms with Crippen LogP contribution in [0, 0.1) is 0 Å². The van der Waals surface area contributed by atoms with Gasteiger partial charge in [-0.05, 0) is 19.9 Å². The van der Waals surface area contributed by atoms with Crippen molar-refractivity contribution in [3.63, 3.8) is 0 Å². The SMILES string of the molecule is C.C.CC.CC.CC(C)=N/C(=C\CN1CCNCC1)N1CCOCC1.[HH]. The summed E-state index contributed by atoms with van der Waals surface area (Å²) in [5.41, 5.74) is 1.11. The molecule has 0 aromatic rings. The highest BCUT2D eigenvalue weighted by Crippen LogP contribution is 2.10. The van der Waals surface area contributed by atoms with Gasteiger partial charge in [-0.2, -0.15) is 0 Å². The largest absolute Gasteiger partial charge is 0.378 e. The minimum Gasteiger partial charge on any atom is -0.378 e. The van der Waals surface area contributed by atoms with Gasteiger partial charge in [-0.1, -0.05) is 42.5 Å². The normalized spacial score (nSPS) is 17.5. The second-order valence-electron chi connectivity index (χ2n) is 5.27. The standard InChI is InChI=1S/C14H26N4O.2C2H6.2CH4.H2/c1-13(2)16-14(18-9-11-19-12-10-18)3-6-17-7-4-15-5-8-17;2*1-2;;;/h3,15H,4-12H2,1-2H3;2*1-2H3;2*1H4;1H/b14-3+;;;;;. The molecule has 0 spiro atoms. The topological polar surface area (TPSA) is 40.1 Å². The molecule has 2 aliphatic heterocycles. The molecule has 0 aliphatic carbocycles. The zero-order valence-electron chi connectivity index (χ0n) is 16.2. The maximum atomic E-state index is 5.41. The Morgan fingerprint density at radius 2 is 1.52 bits per heavy atom. The van der Waals surface area contributed by atoms with Gasteiger partial charge in [0.15, 0.2) is 0 Å². The van der Waals surface area contributed by atoms with Gasteiger partial charge < -0.3 is 15.0 Å². The summed E-state index contributed by atoms with van der Waals surface area (Å²) in [5, 5.41) is 3.38. The Hall–Kier alpha value is -0.910. The molecule has 0 bridgehead atoms. The Bertz CT molecular complexity index is 333. The molecule has 0 saturated carbocycles. The van der Waals surface area contributed by atoms with Crippen molar-refractivity contribution in [2.45, 2.75) is 56.4 Å². The van der Waals surface area contributed by atoms with Crippen LogP contribution in [0.5, 0.6) is 0 Å². The molecule has 2 saturated heterocycles. The molecule has 2 heterocycles. The third-order valence-electron chi connectivity index (χ3n) is 3.41. The number of hydrogen-bond acceptors (Lipinski definition) is 5. The fraction of sp³-hybridized carbons (Fsp3) is 0.850. The molecule has 1 N–H and O–H groups in total. The van der Waals surface area contributed by atoms with Crippen LogP contribution >= 0.6 is 0 Å². The lowest BCUT2D eigenvalue weighted by atomic mass is 10.3. The van der Waals surface area contributed by atoms with Crippen molar-refractivity contribution in [3.8, 4) is 0 Å². The summed E-state index contributed by atoms with van der Waals surface area (Å²) in [4.78, 5) is 9.49. The Morgan fingerprint density at radius 3 is 2.00 bits per heavy atom. The summed E-state index contributed by atoms with van der Waals surface area (Å²) in [6.45, 7) is 21.1. The van der Waals surface area contributed by atoms with E-state index in [0.717, 1.165) is 70.6 Å². The van der Waals surface area contributed by atoms with E-state index in [9.17, 15) is 0 Å². The summed E-state index contributed by atoms with van der Waals surface area (Å²) in [6, 6.07) is 0. The number of rotatable bonds is 4. The van der Waals surface area contributed by atoms with Crippen LogP contribution in [0.3, 0.4) is 0 Å². The van der Waals surface area contributed by atoms with Crippen LogP contribution in [0.25, 0.3) is 0 Å². The van der Waals surface area contributed by atoms with E-state index >= 15 is 0 Å². The van der Waals surface area contributed by atoms with Gasteiger partial charge in [-0.15, -0.1) is 0 Å². The lowest BCUT2D eigenvalue weighted by Gasteiger charge is -2.30. The van der Waals surface area contributed by atoms with E-state index in [0.29, 0.717) is 0 Å². The molecule has 0 aromatic carbocycles. The molecule has 5 nitrogen and oxygen atoms in total. The molecule has 0 amide bonds. The molecular weight excluding hydrogens is 312 g/mol. The highest BCUT2D eigenvalue weighted by atomic mass is 16.5. The monoisotopic (exact) mass is 360 g/mol. The fourth-order valence-corrected chi connectivity index (χ4v) is 2.37. The molecule has 0 unspecified atom stereocenters. The average Bonchev–Trinajstić information content (AvgIpc) is 2.63. The van der Waals surface area contributed by atoms with E-state index in [4.69, 9.17) is 9.73 Å². The van der Waals surface area contributed by atoms with E-state index in [-0.39, 0.29) is 16.3 Å². The quantitative estimate of drug-likeness (QED) is 0.766. The number of piperazine rings is 1. The molecule has 0 atom stereocenters. The molecule has 2 aliphatic rings. The molecule has 2 rings (SSSR count). The first-order chi connectivity index (χ1) is 11.3. The first-order valence-corrected chi connectivity index (χ1v) is 9.23. The van der Waals surface area contributed by atoms with Crippen LogP contribution in [-0.4, -0.2) is 74.5 Å². The number of aliphatic imine (C=N–C) groups is 1. The van der Waals surface area contributed by atoms with Crippen LogP contribution in [0.2, 0.25) is 0 Å². The van der Waals surface area contributed by atoms with Crippen LogP contribution in [0.1, 0.15) is 57.8 Å². The van der Waals surface area contributed by atoms with Crippen LogP contribution in [0.4, 0.5) is 0 Å². The van der Waals surface area contributed by atoms with Gasteiger partial charge in [0.05, 0.1) is 13.2 Å². The first kappa shape index (κ1) is 28.9. The lowest BCUT2D eigenvalue weighted by molar-refractivity contribution is 0.0528. The molecule has 0 radical (unpaired) electrons. The molecular formula is C20H48N4O. The Kier molecular flexibility index (Phi) is 22.4. The first-order valence-electron chi connectivity index (χ1n) is 9.23. The lowest BCUT2D eigenvalue weighted by Crippen LogP contribution is -2.43. The van der Waals surface area contributed by atoms with Gasteiger partial charge in [-0.3, -0.25) is 4.90 Å². The third-order valence-corrected chi connectivity index (χ3v) is 3.41. The minimum absolute atomic E-state index is 0. The van der Waals surface area contributed by atoms with E-state index in [1.54, 1.807) is 0 Å². The third kappa shape index (κ3) is 13.0. The van der Waals surface area contributed by atoms with Crippen LogP contribution < -0.4 is 5.32 Å². The van der Waals surface area contributed by atoms with Gasteiger partial charge in [0.1, 0.15) is 5.82 Å². The highest BCUT2D eigenvalue weighted by molar-refractivity contribution is 5.80. The van der Waals surface area contributed by atoms with E-state index in [2.05, 4.69) is 35.0 Å². The van der Waals surface area contributed by atoms with Crippen molar-refractivity contribution >= 4 is 5.71 Å². The second kappa shape index (κ2) is 19.4. The van der Waals surface area contributed by atoms with E-state index < -0.39 is 0 Å². The van der Waals surface area contributed by atoms with Gasteiger partial charge in [0, 0.05) is 53.0 Å². The summed E-state index contributed by atoms with van der Waals surface area (Å²) >= 11 is 0. The zero-order chi connectivity index (χ0) is 17.5. The average molecular weight is 361 g/mol. The van der Waals surface area contributed by atoms with Gasteiger partial charge >= 0.3 is 0 Å². The zero-order valence-corrected chi connectivity index (χ0v) is 16.2. The molecule has 25 heavy (non-hydrogen) atoms. The van der Waals surface area contributed by atoms with Crippen molar-refractivity contribution in [2.75, 3.05) is 59.0 Å². The Labute approximate surface area is 160 Å². The van der Waals surface area contributed by atoms with Crippen molar-refractivity contribution in [2.24, 2.45) is 4.99 Å². The number of nitrogens with zero attached hydrogens (tertiary/aromatic N) is 3. The predicted octanol–water partition coefficient (Wildman–Crippen LogP) is 4.12. The summed E-state index contributed by atoms with van der Waals surface area (Å²) in [7, 11) is 0. The van der Waals surface area contributed by atoms with Crippen LogP contribution in [-0.2, 0) is 4.74 Å². The number of hydrogen-bond donors (Lipinski definition) is 1.